The highest BCUT2D eigenvalue weighted by Gasteiger charge is 2.32. The highest BCUT2D eigenvalue weighted by molar-refractivity contribution is 6.02. The predicted octanol–water partition coefficient (Wildman–Crippen LogP) is 8.28. The molecule has 1 aliphatic carbocycles. The molecule has 8 rings (SSSR count). The summed E-state index contributed by atoms with van der Waals surface area (Å²) in [4.78, 5) is 57.5. The number of hydrogen-bond acceptors (Lipinski definition) is 10. The minimum Gasteiger partial charge on any atom is -0.361 e. The maximum absolute atomic E-state index is 12.6. The summed E-state index contributed by atoms with van der Waals surface area (Å²) in [5, 5.41) is 7.15. The Bertz CT molecular complexity index is 2220. The van der Waals surface area contributed by atoms with Crippen LogP contribution < -0.4 is 20.4 Å². The van der Waals surface area contributed by atoms with E-state index in [9.17, 15) is 14.4 Å². The van der Waals surface area contributed by atoms with Gasteiger partial charge in [0, 0.05) is 95.2 Å². The summed E-state index contributed by atoms with van der Waals surface area (Å²) in [5.74, 6) is 0.866. The number of aryl methyl sites for hydroxylation is 1. The van der Waals surface area contributed by atoms with Gasteiger partial charge in [0.1, 0.15) is 11.7 Å². The van der Waals surface area contributed by atoms with Crippen molar-refractivity contribution < 1.29 is 14.4 Å². The van der Waals surface area contributed by atoms with Gasteiger partial charge in [0.15, 0.2) is 0 Å². The lowest BCUT2D eigenvalue weighted by molar-refractivity contribution is -0.134. The van der Waals surface area contributed by atoms with Crippen LogP contribution in [-0.4, -0.2) is 126 Å². The van der Waals surface area contributed by atoms with Crippen molar-refractivity contribution in [3.8, 4) is 11.1 Å². The number of fused-ring (bicyclic) bond motifs is 1. The largest absolute Gasteiger partial charge is 0.361 e. The van der Waals surface area contributed by atoms with Crippen LogP contribution in [0.4, 0.5) is 17.3 Å². The van der Waals surface area contributed by atoms with Crippen LogP contribution in [0.5, 0.6) is 0 Å². The van der Waals surface area contributed by atoms with Gasteiger partial charge in [-0.1, -0.05) is 82.7 Å². The fourth-order valence-electron chi connectivity index (χ4n) is 11.1. The fourth-order valence-corrected chi connectivity index (χ4v) is 11.1. The minimum atomic E-state index is -0.445. The molecule has 0 radical (unpaired) electrons. The second kappa shape index (κ2) is 22.8. The average Bonchev–Trinajstić information content (AvgIpc) is 3.73. The SMILES string of the molecule is CCC(CC)CNc1ncc2c(-c3ccc(CN4CCN(C5CCN(CCCCCc6ccc(N(C)C7CCC(=O)NC7=O)c(N(C)C=O)c6)CC5)CC4)cc3)cn(C3CCCCC3)c2n1. The van der Waals surface area contributed by atoms with Crippen LogP contribution in [0.3, 0.4) is 0 Å². The molecule has 1 unspecified atom stereocenters. The molecule has 66 heavy (non-hydrogen) atoms. The van der Waals surface area contributed by atoms with Gasteiger partial charge in [-0.15, -0.1) is 0 Å². The number of nitrogens with zero attached hydrogens (tertiary/aromatic N) is 8. The molecule has 4 fully saturated rings. The Balaban J connectivity index is 0.761. The second-order valence-corrected chi connectivity index (χ2v) is 19.7. The Hall–Kier alpha value is -4.85. The number of rotatable bonds is 20. The maximum Gasteiger partial charge on any atom is 0.249 e. The van der Waals surface area contributed by atoms with Crippen LogP contribution in [-0.2, 0) is 27.3 Å². The number of anilines is 3. The number of carbonyl (C=O) groups is 3. The van der Waals surface area contributed by atoms with Crippen molar-refractivity contribution in [2.24, 2.45) is 5.92 Å². The van der Waals surface area contributed by atoms with E-state index in [1.807, 2.05) is 18.0 Å². The van der Waals surface area contributed by atoms with E-state index in [-0.39, 0.29) is 11.8 Å². The number of likely N-dealkylation sites (tertiary alicyclic amines) is 1. The molecule has 13 nitrogen and oxygen atoms in total. The Morgan fingerprint density at radius 2 is 1.56 bits per heavy atom. The first kappa shape index (κ1) is 47.6. The van der Waals surface area contributed by atoms with Gasteiger partial charge < -0.3 is 24.6 Å². The number of nitrogens with one attached hydrogen (secondary N) is 2. The summed E-state index contributed by atoms with van der Waals surface area (Å²) in [5.41, 5.74) is 7.71. The number of carbonyl (C=O) groups excluding carboxylic acids is 3. The van der Waals surface area contributed by atoms with Gasteiger partial charge in [-0.3, -0.25) is 29.5 Å². The topological polar surface area (TPSA) is 122 Å². The Morgan fingerprint density at radius 1 is 0.818 bits per heavy atom. The van der Waals surface area contributed by atoms with Gasteiger partial charge in [-0.05, 0) is 106 Å². The number of imide groups is 1. The molecular weight excluding hydrogens is 825 g/mol. The Kier molecular flexibility index (Phi) is 16.4. The lowest BCUT2D eigenvalue weighted by Crippen LogP contribution is -2.53. The van der Waals surface area contributed by atoms with Crippen molar-refractivity contribution in [3.63, 3.8) is 0 Å². The first-order valence-electron chi connectivity index (χ1n) is 25.5. The third kappa shape index (κ3) is 11.6. The summed E-state index contributed by atoms with van der Waals surface area (Å²) in [6, 6.07) is 16.2. The quantitative estimate of drug-likeness (QED) is 0.0510. The fraction of sp³-hybridized carbons (Fsp3) is 0.604. The standard InChI is InChI=1S/C53H76N10O3/c1-5-39(6-2)34-54-53-55-35-45-46(37-63(51(45)57-53)44-14-10-7-11-15-44)42-19-16-41(17-20-42)36-61-29-31-62(32-30-61)43-24-27-60(28-25-43)26-12-8-9-13-40-18-21-47(49(33-40)58(3)38-64)59(4)48-22-23-50(65)56-52(48)66/h16-21,33,35,37-39,43-44,48H,5-15,22-32,34,36H2,1-4H3,(H,54,55,57)(H,56,65,66). The summed E-state index contributed by atoms with van der Waals surface area (Å²) < 4.78 is 2.47. The molecule has 13 heteroatoms. The lowest BCUT2D eigenvalue weighted by atomic mass is 9.95. The van der Waals surface area contributed by atoms with Crippen molar-refractivity contribution >= 4 is 46.6 Å². The van der Waals surface area contributed by atoms with E-state index in [0.29, 0.717) is 30.8 Å². The van der Waals surface area contributed by atoms with Crippen LogP contribution >= 0.6 is 0 Å². The van der Waals surface area contributed by atoms with Crippen molar-refractivity contribution in [2.75, 3.05) is 81.6 Å². The van der Waals surface area contributed by atoms with Crippen molar-refractivity contribution in [1.29, 1.82) is 0 Å². The van der Waals surface area contributed by atoms with Crippen LogP contribution in [0.1, 0.15) is 121 Å². The van der Waals surface area contributed by atoms with Crippen LogP contribution in [0.25, 0.3) is 22.2 Å². The Morgan fingerprint density at radius 3 is 2.27 bits per heavy atom. The molecule has 0 bridgehead atoms. The number of piperidine rings is 2. The molecule has 1 saturated carbocycles. The van der Waals surface area contributed by atoms with Gasteiger partial charge in [0.25, 0.3) is 0 Å². The number of hydrogen-bond donors (Lipinski definition) is 2. The third-order valence-corrected chi connectivity index (χ3v) is 15.5. The Labute approximate surface area is 393 Å². The zero-order valence-corrected chi connectivity index (χ0v) is 40.4. The van der Waals surface area contributed by atoms with Gasteiger partial charge >= 0.3 is 0 Å². The van der Waals surface area contributed by atoms with Crippen molar-refractivity contribution in [3.05, 3.63) is 66.0 Å². The number of benzene rings is 2. The number of likely N-dealkylation sites (N-methyl/N-ethyl adjacent to an activating group) is 1. The molecule has 356 valence electrons. The summed E-state index contributed by atoms with van der Waals surface area (Å²) in [7, 11) is 3.60. The lowest BCUT2D eigenvalue weighted by Gasteiger charge is -2.43. The number of aromatic nitrogens is 3. The van der Waals surface area contributed by atoms with E-state index in [1.54, 1.807) is 11.9 Å². The van der Waals surface area contributed by atoms with Crippen LogP contribution in [0.2, 0.25) is 0 Å². The zero-order valence-electron chi connectivity index (χ0n) is 40.4. The molecule has 4 aliphatic rings. The van der Waals surface area contributed by atoms with Crippen molar-refractivity contribution in [1.82, 2.24) is 34.6 Å². The van der Waals surface area contributed by atoms with Crippen LogP contribution in [0.15, 0.2) is 54.9 Å². The van der Waals surface area contributed by atoms with Gasteiger partial charge in [-0.2, -0.15) is 4.98 Å². The second-order valence-electron chi connectivity index (χ2n) is 19.7. The first-order chi connectivity index (χ1) is 32.2. The highest BCUT2D eigenvalue weighted by Crippen LogP contribution is 2.37. The molecule has 2 aromatic carbocycles. The van der Waals surface area contributed by atoms with Crippen molar-refractivity contribution in [2.45, 2.75) is 135 Å². The number of amides is 3. The average molecular weight is 901 g/mol. The molecule has 3 saturated heterocycles. The van der Waals surface area contributed by atoms with E-state index >= 15 is 0 Å². The number of piperazine rings is 1. The number of unbranched alkanes of at least 4 members (excludes halogenated alkanes) is 2. The van der Waals surface area contributed by atoms with E-state index in [4.69, 9.17) is 9.97 Å². The minimum absolute atomic E-state index is 0.231. The molecule has 2 aromatic heterocycles. The monoisotopic (exact) mass is 901 g/mol. The van der Waals surface area contributed by atoms with E-state index in [1.165, 1.54) is 93.1 Å². The molecule has 3 amide bonds. The molecular formula is C53H76N10O3. The molecule has 4 aromatic rings. The summed E-state index contributed by atoms with van der Waals surface area (Å²) >= 11 is 0. The van der Waals surface area contributed by atoms with E-state index < -0.39 is 6.04 Å². The molecule has 5 heterocycles. The smallest absolute Gasteiger partial charge is 0.249 e. The molecule has 2 N–H and O–H groups in total. The van der Waals surface area contributed by atoms with E-state index in [0.717, 1.165) is 106 Å². The van der Waals surface area contributed by atoms with E-state index in [2.05, 4.69) is 92.5 Å². The van der Waals surface area contributed by atoms with Gasteiger partial charge in [0.05, 0.1) is 11.4 Å². The zero-order chi connectivity index (χ0) is 46.0. The molecule has 0 spiro atoms. The third-order valence-electron chi connectivity index (χ3n) is 15.5. The highest BCUT2D eigenvalue weighted by atomic mass is 16.2. The van der Waals surface area contributed by atoms with Crippen LogP contribution in [0, 0.1) is 5.92 Å². The van der Waals surface area contributed by atoms with Gasteiger partial charge in [-0.25, -0.2) is 4.98 Å². The first-order valence-corrected chi connectivity index (χ1v) is 25.5. The molecule has 1 atom stereocenters. The summed E-state index contributed by atoms with van der Waals surface area (Å²) in [6.07, 6.45) is 21.6. The summed E-state index contributed by atoms with van der Waals surface area (Å²) in [6.45, 7) is 14.5. The normalized spacial score (nSPS) is 19.7. The predicted molar refractivity (Wildman–Crippen MR) is 267 cm³/mol. The maximum atomic E-state index is 12.6. The van der Waals surface area contributed by atoms with Gasteiger partial charge in [0.2, 0.25) is 24.2 Å². The molecule has 3 aliphatic heterocycles.